The molecule has 19 heavy (non-hydrogen) atoms. The van der Waals surface area contributed by atoms with Gasteiger partial charge in [-0.05, 0) is 11.6 Å². The van der Waals surface area contributed by atoms with Crippen LogP contribution in [-0.2, 0) is 20.7 Å². The van der Waals surface area contributed by atoms with Gasteiger partial charge in [0.2, 0.25) is 0 Å². The molecule has 1 saturated heterocycles. The predicted molar refractivity (Wildman–Crippen MR) is 69.9 cm³/mol. The first-order chi connectivity index (χ1) is 9.09. The van der Waals surface area contributed by atoms with E-state index in [4.69, 9.17) is 21.1 Å². The highest BCUT2D eigenvalue weighted by Crippen LogP contribution is 2.28. The van der Waals surface area contributed by atoms with E-state index in [1.165, 1.54) is 13.2 Å². The van der Waals surface area contributed by atoms with E-state index in [1.54, 1.807) is 12.1 Å². The smallest absolute Gasteiger partial charge is 0.169 e. The zero-order chi connectivity index (χ0) is 13.9. The molecule has 0 aromatic heterocycles. The van der Waals surface area contributed by atoms with E-state index < -0.39 is 11.4 Å². The molecular weight excluding hydrogens is 271 g/mol. The number of Topliss-reactive ketones (excluding diaryl/α,β-unsaturated/α-hetero) is 1. The van der Waals surface area contributed by atoms with Crippen LogP contribution in [0.1, 0.15) is 18.4 Å². The van der Waals surface area contributed by atoms with Crippen LogP contribution in [0.3, 0.4) is 0 Å². The standard InChI is InChI=1S/C14H16ClFO3/c1-18-14(5-7-19-8-6-14)12(17)9-10-3-2-4-11(15)13(10)16/h2-4H,5-9H2,1H3. The Balaban J connectivity index is 2.17. The largest absolute Gasteiger partial charge is 0.381 e. The fraction of sp³-hybridized carbons (Fsp3) is 0.500. The minimum Gasteiger partial charge on any atom is -0.381 e. The molecule has 0 unspecified atom stereocenters. The normalized spacial score (nSPS) is 18.3. The Morgan fingerprint density at radius 1 is 1.47 bits per heavy atom. The van der Waals surface area contributed by atoms with Crippen LogP contribution in [0, 0.1) is 5.82 Å². The van der Waals surface area contributed by atoms with Gasteiger partial charge in [-0.1, -0.05) is 23.7 Å². The van der Waals surface area contributed by atoms with Crippen LogP contribution in [0.15, 0.2) is 18.2 Å². The van der Waals surface area contributed by atoms with Crippen LogP contribution in [-0.4, -0.2) is 31.7 Å². The molecule has 1 fully saturated rings. The molecule has 1 aromatic rings. The van der Waals surface area contributed by atoms with Crippen molar-refractivity contribution in [3.8, 4) is 0 Å². The summed E-state index contributed by atoms with van der Waals surface area (Å²) in [7, 11) is 1.51. The highest BCUT2D eigenvalue weighted by Gasteiger charge is 2.39. The van der Waals surface area contributed by atoms with E-state index in [0.29, 0.717) is 31.6 Å². The maximum atomic E-state index is 13.8. The lowest BCUT2D eigenvalue weighted by atomic mass is 9.86. The van der Waals surface area contributed by atoms with Crippen molar-refractivity contribution in [1.82, 2.24) is 0 Å². The van der Waals surface area contributed by atoms with Gasteiger partial charge in [-0.3, -0.25) is 4.79 Å². The number of ether oxygens (including phenoxy) is 2. The number of carbonyl (C=O) groups excluding carboxylic acids is 1. The quantitative estimate of drug-likeness (QED) is 0.854. The summed E-state index contributed by atoms with van der Waals surface area (Å²) in [4.78, 5) is 12.4. The van der Waals surface area contributed by atoms with Crippen molar-refractivity contribution >= 4 is 17.4 Å². The van der Waals surface area contributed by atoms with Gasteiger partial charge in [0.25, 0.3) is 0 Å². The molecule has 2 rings (SSSR count). The lowest BCUT2D eigenvalue weighted by molar-refractivity contribution is -0.152. The molecule has 0 saturated carbocycles. The first kappa shape index (κ1) is 14.4. The van der Waals surface area contributed by atoms with E-state index in [9.17, 15) is 9.18 Å². The average molecular weight is 287 g/mol. The van der Waals surface area contributed by atoms with Gasteiger partial charge in [-0.2, -0.15) is 0 Å². The van der Waals surface area contributed by atoms with Crippen molar-refractivity contribution in [3.05, 3.63) is 34.6 Å². The van der Waals surface area contributed by atoms with Gasteiger partial charge in [-0.25, -0.2) is 4.39 Å². The van der Waals surface area contributed by atoms with E-state index in [0.717, 1.165) is 0 Å². The number of methoxy groups -OCH3 is 1. The SMILES string of the molecule is COC1(C(=O)Cc2cccc(Cl)c2F)CCOCC1. The van der Waals surface area contributed by atoms with Crippen molar-refractivity contribution in [1.29, 1.82) is 0 Å². The number of halogens is 2. The third-order valence-corrected chi connectivity index (χ3v) is 3.87. The van der Waals surface area contributed by atoms with Gasteiger partial charge >= 0.3 is 0 Å². The van der Waals surface area contributed by atoms with Gasteiger partial charge in [0.05, 0.1) is 5.02 Å². The lowest BCUT2D eigenvalue weighted by Crippen LogP contribution is -2.46. The van der Waals surface area contributed by atoms with Gasteiger partial charge < -0.3 is 9.47 Å². The molecule has 0 amide bonds. The highest BCUT2D eigenvalue weighted by atomic mass is 35.5. The second-order valence-corrected chi connectivity index (χ2v) is 5.03. The van der Waals surface area contributed by atoms with Gasteiger partial charge in [0.15, 0.2) is 5.78 Å². The zero-order valence-corrected chi connectivity index (χ0v) is 11.5. The van der Waals surface area contributed by atoms with Crippen LogP contribution in [0.4, 0.5) is 4.39 Å². The number of benzene rings is 1. The molecule has 0 spiro atoms. The van der Waals surface area contributed by atoms with E-state index in [2.05, 4.69) is 0 Å². The molecule has 0 N–H and O–H groups in total. The monoisotopic (exact) mass is 286 g/mol. The summed E-state index contributed by atoms with van der Waals surface area (Å²) in [6, 6.07) is 4.67. The summed E-state index contributed by atoms with van der Waals surface area (Å²) in [5, 5.41) is 0.0312. The predicted octanol–water partition coefficient (Wildman–Crippen LogP) is 2.79. The number of ketones is 1. The molecule has 0 radical (unpaired) electrons. The molecule has 1 aliphatic heterocycles. The maximum absolute atomic E-state index is 13.8. The van der Waals surface area contributed by atoms with Crippen LogP contribution in [0.5, 0.6) is 0 Å². The van der Waals surface area contributed by atoms with Gasteiger partial charge in [-0.15, -0.1) is 0 Å². The Morgan fingerprint density at radius 2 is 2.16 bits per heavy atom. The molecule has 5 heteroatoms. The number of hydrogen-bond acceptors (Lipinski definition) is 3. The number of rotatable bonds is 4. The third-order valence-electron chi connectivity index (χ3n) is 3.58. The minimum absolute atomic E-state index is 0.0137. The Hall–Kier alpha value is -0.970. The summed E-state index contributed by atoms with van der Waals surface area (Å²) < 4.78 is 24.4. The molecular formula is C14H16ClFO3. The Bertz CT molecular complexity index is 470. The summed E-state index contributed by atoms with van der Waals surface area (Å²) >= 11 is 5.71. The molecule has 104 valence electrons. The van der Waals surface area contributed by atoms with Gasteiger partial charge in [0, 0.05) is 39.6 Å². The Morgan fingerprint density at radius 3 is 2.79 bits per heavy atom. The summed E-state index contributed by atoms with van der Waals surface area (Å²) in [5.74, 6) is -0.657. The molecule has 1 aliphatic rings. The van der Waals surface area contributed by atoms with Crippen LogP contribution >= 0.6 is 11.6 Å². The Labute approximate surface area is 116 Å². The van der Waals surface area contributed by atoms with Crippen LogP contribution < -0.4 is 0 Å². The lowest BCUT2D eigenvalue weighted by Gasteiger charge is -2.34. The zero-order valence-electron chi connectivity index (χ0n) is 10.7. The fourth-order valence-corrected chi connectivity index (χ4v) is 2.51. The van der Waals surface area contributed by atoms with E-state index >= 15 is 0 Å². The highest BCUT2D eigenvalue weighted by molar-refractivity contribution is 6.30. The molecule has 1 aromatic carbocycles. The molecule has 1 heterocycles. The molecule has 0 bridgehead atoms. The first-order valence-corrected chi connectivity index (χ1v) is 6.56. The molecule has 0 atom stereocenters. The van der Waals surface area contributed by atoms with E-state index in [-0.39, 0.29) is 17.2 Å². The van der Waals surface area contributed by atoms with Crippen molar-refractivity contribution in [2.75, 3.05) is 20.3 Å². The first-order valence-electron chi connectivity index (χ1n) is 6.18. The summed E-state index contributed by atoms with van der Waals surface area (Å²) in [6.45, 7) is 0.967. The van der Waals surface area contributed by atoms with Crippen LogP contribution in [0.2, 0.25) is 5.02 Å². The fourth-order valence-electron chi connectivity index (χ4n) is 2.32. The third kappa shape index (κ3) is 2.96. The topological polar surface area (TPSA) is 35.5 Å². The van der Waals surface area contributed by atoms with Crippen molar-refractivity contribution < 1.29 is 18.7 Å². The molecule has 3 nitrogen and oxygen atoms in total. The Kier molecular flexibility index (Phi) is 4.55. The second-order valence-electron chi connectivity index (χ2n) is 4.62. The molecule has 0 aliphatic carbocycles. The number of hydrogen-bond donors (Lipinski definition) is 0. The second kappa shape index (κ2) is 5.99. The maximum Gasteiger partial charge on any atom is 0.169 e. The van der Waals surface area contributed by atoms with Crippen molar-refractivity contribution in [3.63, 3.8) is 0 Å². The average Bonchev–Trinajstić information content (AvgIpc) is 2.44. The van der Waals surface area contributed by atoms with E-state index in [1.807, 2.05) is 0 Å². The minimum atomic E-state index is -0.854. The summed E-state index contributed by atoms with van der Waals surface area (Å²) in [6.07, 6.45) is 0.995. The number of carbonyl (C=O) groups is 1. The summed E-state index contributed by atoms with van der Waals surface area (Å²) in [5.41, 5.74) is -0.548. The van der Waals surface area contributed by atoms with Crippen LogP contribution in [0.25, 0.3) is 0 Å². The van der Waals surface area contributed by atoms with Gasteiger partial charge in [0.1, 0.15) is 11.4 Å². The van der Waals surface area contributed by atoms with Crippen molar-refractivity contribution in [2.45, 2.75) is 24.9 Å². The van der Waals surface area contributed by atoms with Crippen molar-refractivity contribution in [2.24, 2.45) is 0 Å².